The summed E-state index contributed by atoms with van der Waals surface area (Å²) in [6.07, 6.45) is -0.460. The molecule has 3 nitrogen and oxygen atoms in total. The van der Waals surface area contributed by atoms with E-state index in [-0.39, 0.29) is 6.04 Å². The zero-order chi connectivity index (χ0) is 14.3. The fourth-order valence-electron chi connectivity index (χ4n) is 2.56. The number of hydrogen-bond acceptors (Lipinski definition) is 3. The summed E-state index contributed by atoms with van der Waals surface area (Å²) in [6.45, 7) is 8.90. The van der Waals surface area contributed by atoms with Gasteiger partial charge in [0.1, 0.15) is 0 Å². The number of aliphatic hydroxyl groups excluding tert-OH is 1. The highest BCUT2D eigenvalue weighted by Gasteiger charge is 2.28. The minimum Gasteiger partial charge on any atom is -0.387 e. The molecule has 0 aliphatic carbocycles. The Labute approximate surface area is 117 Å². The van der Waals surface area contributed by atoms with Gasteiger partial charge in [-0.05, 0) is 18.0 Å². The molecule has 1 aromatic rings. The first-order chi connectivity index (χ1) is 9.11. The van der Waals surface area contributed by atoms with E-state index in [0.29, 0.717) is 12.5 Å². The summed E-state index contributed by atoms with van der Waals surface area (Å²) in [5, 5.41) is 10.7. The maximum Gasteiger partial charge on any atom is 0.0947 e. The number of nitrogens with zero attached hydrogens (tertiary/aromatic N) is 1. The van der Waals surface area contributed by atoms with Crippen molar-refractivity contribution >= 4 is 0 Å². The second kappa shape index (κ2) is 8.31. The van der Waals surface area contributed by atoms with Crippen molar-refractivity contribution in [2.75, 3.05) is 26.8 Å². The normalized spacial score (nSPS) is 14.9. The van der Waals surface area contributed by atoms with Gasteiger partial charge in [0, 0.05) is 19.7 Å². The third-order valence-corrected chi connectivity index (χ3v) is 3.56. The third kappa shape index (κ3) is 4.60. The van der Waals surface area contributed by atoms with Crippen LogP contribution in [0.1, 0.15) is 32.4 Å². The molecular weight excluding hydrogens is 238 g/mol. The topological polar surface area (TPSA) is 32.7 Å². The van der Waals surface area contributed by atoms with Crippen LogP contribution in [0, 0.1) is 5.92 Å². The molecule has 1 rings (SSSR count). The van der Waals surface area contributed by atoms with Crippen LogP contribution in [0.4, 0.5) is 0 Å². The van der Waals surface area contributed by atoms with Crippen molar-refractivity contribution in [3.05, 3.63) is 35.9 Å². The molecule has 0 spiro atoms. The monoisotopic (exact) mass is 265 g/mol. The average Bonchev–Trinajstić information content (AvgIpc) is 2.43. The first-order valence-corrected chi connectivity index (χ1v) is 7.07. The van der Waals surface area contributed by atoms with Gasteiger partial charge in [-0.2, -0.15) is 0 Å². The van der Waals surface area contributed by atoms with Crippen LogP contribution in [-0.4, -0.2) is 42.9 Å². The van der Waals surface area contributed by atoms with Crippen LogP contribution in [0.2, 0.25) is 0 Å². The summed E-state index contributed by atoms with van der Waals surface area (Å²) in [4.78, 5) is 2.30. The number of benzene rings is 1. The standard InChI is InChI=1S/C16H27NO2/c1-5-17(11-12-19-4)15(13(2)3)16(18)14-9-7-6-8-10-14/h6-10,13,15-16,18H,5,11-12H2,1-4H3. The van der Waals surface area contributed by atoms with Gasteiger partial charge < -0.3 is 9.84 Å². The van der Waals surface area contributed by atoms with Gasteiger partial charge in [-0.25, -0.2) is 0 Å². The molecule has 0 bridgehead atoms. The van der Waals surface area contributed by atoms with Gasteiger partial charge in [0.05, 0.1) is 12.7 Å². The Morgan fingerprint density at radius 1 is 1.21 bits per heavy atom. The van der Waals surface area contributed by atoms with Crippen molar-refractivity contribution in [3.63, 3.8) is 0 Å². The highest BCUT2D eigenvalue weighted by Crippen LogP contribution is 2.26. The zero-order valence-corrected chi connectivity index (χ0v) is 12.5. The van der Waals surface area contributed by atoms with E-state index in [1.54, 1.807) is 7.11 Å². The largest absolute Gasteiger partial charge is 0.387 e. The Bertz CT molecular complexity index is 340. The van der Waals surface area contributed by atoms with Crippen molar-refractivity contribution in [1.29, 1.82) is 0 Å². The molecule has 2 atom stereocenters. The molecule has 0 aromatic heterocycles. The van der Waals surface area contributed by atoms with E-state index in [1.807, 2.05) is 30.3 Å². The molecule has 0 aliphatic heterocycles. The summed E-state index contributed by atoms with van der Waals surface area (Å²) in [5.74, 6) is 0.381. The van der Waals surface area contributed by atoms with Crippen LogP contribution in [0.15, 0.2) is 30.3 Å². The molecule has 19 heavy (non-hydrogen) atoms. The van der Waals surface area contributed by atoms with E-state index in [2.05, 4.69) is 25.7 Å². The second-order valence-electron chi connectivity index (χ2n) is 5.21. The van der Waals surface area contributed by atoms with Gasteiger partial charge in [0.25, 0.3) is 0 Å². The zero-order valence-electron chi connectivity index (χ0n) is 12.5. The Kier molecular flexibility index (Phi) is 7.06. The van der Waals surface area contributed by atoms with Crippen molar-refractivity contribution in [1.82, 2.24) is 4.90 Å². The van der Waals surface area contributed by atoms with Crippen molar-refractivity contribution < 1.29 is 9.84 Å². The lowest BCUT2D eigenvalue weighted by molar-refractivity contribution is 0.0128. The van der Waals surface area contributed by atoms with Gasteiger partial charge in [0.2, 0.25) is 0 Å². The smallest absolute Gasteiger partial charge is 0.0947 e. The minimum absolute atomic E-state index is 0.113. The van der Waals surface area contributed by atoms with Crippen LogP contribution >= 0.6 is 0 Å². The van der Waals surface area contributed by atoms with Gasteiger partial charge in [-0.1, -0.05) is 51.1 Å². The first-order valence-electron chi connectivity index (χ1n) is 7.07. The fourth-order valence-corrected chi connectivity index (χ4v) is 2.56. The van der Waals surface area contributed by atoms with E-state index in [4.69, 9.17) is 4.74 Å². The van der Waals surface area contributed by atoms with Gasteiger partial charge in [-0.15, -0.1) is 0 Å². The molecule has 0 aliphatic rings. The quantitative estimate of drug-likeness (QED) is 0.784. The van der Waals surface area contributed by atoms with Gasteiger partial charge in [-0.3, -0.25) is 4.90 Å². The molecular formula is C16H27NO2. The molecule has 0 saturated heterocycles. The summed E-state index contributed by atoms with van der Waals surface area (Å²) >= 11 is 0. The predicted octanol–water partition coefficient (Wildman–Crippen LogP) is 2.71. The second-order valence-corrected chi connectivity index (χ2v) is 5.21. The SMILES string of the molecule is CCN(CCOC)C(C(C)C)C(O)c1ccccc1. The fraction of sp³-hybridized carbons (Fsp3) is 0.625. The maximum atomic E-state index is 10.7. The molecule has 3 heteroatoms. The molecule has 1 aromatic carbocycles. The summed E-state index contributed by atoms with van der Waals surface area (Å²) < 4.78 is 5.17. The van der Waals surface area contributed by atoms with Crippen molar-refractivity contribution in [2.45, 2.75) is 32.9 Å². The highest BCUT2D eigenvalue weighted by atomic mass is 16.5. The molecule has 0 saturated carbocycles. The number of methoxy groups -OCH3 is 1. The van der Waals surface area contributed by atoms with Gasteiger partial charge >= 0.3 is 0 Å². The maximum absolute atomic E-state index is 10.7. The molecule has 0 amide bonds. The number of ether oxygens (including phenoxy) is 1. The highest BCUT2D eigenvalue weighted by molar-refractivity contribution is 5.19. The summed E-state index contributed by atoms with van der Waals surface area (Å²) in [5.41, 5.74) is 0.983. The average molecular weight is 265 g/mol. The Hall–Kier alpha value is -0.900. The predicted molar refractivity (Wildman–Crippen MR) is 79.2 cm³/mol. The lowest BCUT2D eigenvalue weighted by atomic mass is 9.92. The number of likely N-dealkylation sites (N-methyl/N-ethyl adjacent to an activating group) is 1. The van der Waals surface area contributed by atoms with Gasteiger partial charge in [0.15, 0.2) is 0 Å². The number of aliphatic hydroxyl groups is 1. The van der Waals surface area contributed by atoms with Crippen LogP contribution in [0.25, 0.3) is 0 Å². The van der Waals surface area contributed by atoms with Crippen molar-refractivity contribution in [2.24, 2.45) is 5.92 Å². The molecule has 0 heterocycles. The van der Waals surface area contributed by atoms with Crippen LogP contribution < -0.4 is 0 Å². The van der Waals surface area contributed by atoms with E-state index in [1.165, 1.54) is 0 Å². The van der Waals surface area contributed by atoms with E-state index >= 15 is 0 Å². The number of hydrogen-bond donors (Lipinski definition) is 1. The molecule has 108 valence electrons. The van der Waals surface area contributed by atoms with Crippen molar-refractivity contribution in [3.8, 4) is 0 Å². The van der Waals surface area contributed by atoms with E-state index in [0.717, 1.165) is 18.7 Å². The first kappa shape index (κ1) is 16.2. The van der Waals surface area contributed by atoms with E-state index in [9.17, 15) is 5.11 Å². The lowest BCUT2D eigenvalue weighted by Gasteiger charge is -2.37. The Morgan fingerprint density at radius 2 is 1.84 bits per heavy atom. The summed E-state index contributed by atoms with van der Waals surface area (Å²) in [7, 11) is 1.71. The van der Waals surface area contributed by atoms with Crippen LogP contribution in [0.5, 0.6) is 0 Å². The summed E-state index contributed by atoms with van der Waals surface area (Å²) in [6, 6.07) is 10.0. The molecule has 1 N–H and O–H groups in total. The Balaban J connectivity index is 2.86. The third-order valence-electron chi connectivity index (χ3n) is 3.56. The van der Waals surface area contributed by atoms with Crippen LogP contribution in [0.3, 0.4) is 0 Å². The molecule has 0 radical (unpaired) electrons. The molecule has 2 unspecified atom stereocenters. The minimum atomic E-state index is -0.460. The number of rotatable bonds is 8. The molecule has 0 fully saturated rings. The van der Waals surface area contributed by atoms with E-state index < -0.39 is 6.10 Å². The Morgan fingerprint density at radius 3 is 2.32 bits per heavy atom. The lowest BCUT2D eigenvalue weighted by Crippen LogP contribution is -2.44. The van der Waals surface area contributed by atoms with Crippen LogP contribution in [-0.2, 0) is 4.74 Å².